The van der Waals surface area contributed by atoms with Crippen molar-refractivity contribution in [3.63, 3.8) is 0 Å². The van der Waals surface area contributed by atoms with Gasteiger partial charge in [0.25, 0.3) is 10.1 Å². The SMILES string of the molecule is CN(C)CCCCS(=O)(=O)O. The Labute approximate surface area is 68.0 Å². The van der Waals surface area contributed by atoms with E-state index in [-0.39, 0.29) is 5.75 Å². The molecule has 0 aliphatic rings. The number of nitrogens with zero attached hydrogens (tertiary/aromatic N) is 1. The Balaban J connectivity index is 3.30. The lowest BCUT2D eigenvalue weighted by Crippen LogP contribution is -2.14. The molecule has 5 heteroatoms. The first-order valence-electron chi connectivity index (χ1n) is 3.52. The Morgan fingerprint density at radius 2 is 1.82 bits per heavy atom. The lowest BCUT2D eigenvalue weighted by Gasteiger charge is -2.07. The molecule has 11 heavy (non-hydrogen) atoms. The molecule has 0 aromatic heterocycles. The van der Waals surface area contributed by atoms with Crippen LogP contribution >= 0.6 is 0 Å². The molecule has 0 bridgehead atoms. The summed E-state index contributed by atoms with van der Waals surface area (Å²) in [7, 11) is 0.108. The maximum absolute atomic E-state index is 10.2. The molecule has 0 radical (unpaired) electrons. The van der Waals surface area contributed by atoms with Gasteiger partial charge in [-0.15, -0.1) is 0 Å². The van der Waals surface area contributed by atoms with Crippen LogP contribution in [0, 0.1) is 0 Å². The second-order valence-corrected chi connectivity index (χ2v) is 4.37. The van der Waals surface area contributed by atoms with Gasteiger partial charge in [-0.1, -0.05) is 0 Å². The third kappa shape index (κ3) is 9.87. The van der Waals surface area contributed by atoms with Crippen LogP contribution in [-0.4, -0.2) is 44.3 Å². The van der Waals surface area contributed by atoms with Crippen LogP contribution in [-0.2, 0) is 10.1 Å². The fourth-order valence-electron chi connectivity index (χ4n) is 0.712. The fourth-order valence-corrected chi connectivity index (χ4v) is 1.28. The Morgan fingerprint density at radius 1 is 1.27 bits per heavy atom. The minimum Gasteiger partial charge on any atom is -0.309 e. The standard InChI is InChI=1S/C6H15NO3S/c1-7(2)5-3-4-6-11(8,9)10/h3-6H2,1-2H3,(H,8,9,10). The van der Waals surface area contributed by atoms with Gasteiger partial charge >= 0.3 is 0 Å². The summed E-state index contributed by atoms with van der Waals surface area (Å²) in [5, 5.41) is 0. The second-order valence-electron chi connectivity index (χ2n) is 2.80. The number of unbranched alkanes of at least 4 members (excludes halogenated alkanes) is 1. The lowest BCUT2D eigenvalue weighted by atomic mass is 10.3. The van der Waals surface area contributed by atoms with E-state index in [1.807, 2.05) is 19.0 Å². The van der Waals surface area contributed by atoms with Crippen molar-refractivity contribution in [3.05, 3.63) is 0 Å². The van der Waals surface area contributed by atoms with E-state index in [9.17, 15) is 8.42 Å². The van der Waals surface area contributed by atoms with Crippen LogP contribution in [0.25, 0.3) is 0 Å². The summed E-state index contributed by atoms with van der Waals surface area (Å²) in [4.78, 5) is 1.98. The van der Waals surface area contributed by atoms with E-state index in [0.717, 1.165) is 13.0 Å². The van der Waals surface area contributed by atoms with Gasteiger partial charge in [0, 0.05) is 0 Å². The molecule has 0 aliphatic carbocycles. The van der Waals surface area contributed by atoms with E-state index >= 15 is 0 Å². The van der Waals surface area contributed by atoms with Gasteiger partial charge in [-0.2, -0.15) is 8.42 Å². The summed E-state index contributed by atoms with van der Waals surface area (Å²) in [6, 6.07) is 0. The zero-order chi connectivity index (χ0) is 8.91. The van der Waals surface area contributed by atoms with Gasteiger partial charge in [-0.05, 0) is 33.5 Å². The van der Waals surface area contributed by atoms with Crippen LogP contribution < -0.4 is 0 Å². The number of hydrogen-bond acceptors (Lipinski definition) is 3. The van der Waals surface area contributed by atoms with Gasteiger partial charge in [0.15, 0.2) is 0 Å². The van der Waals surface area contributed by atoms with E-state index < -0.39 is 10.1 Å². The lowest BCUT2D eigenvalue weighted by molar-refractivity contribution is 0.396. The second kappa shape index (κ2) is 4.69. The van der Waals surface area contributed by atoms with Crippen LogP contribution in [0.1, 0.15) is 12.8 Å². The minimum atomic E-state index is -3.74. The van der Waals surface area contributed by atoms with Gasteiger partial charge in [-0.3, -0.25) is 4.55 Å². The highest BCUT2D eigenvalue weighted by Gasteiger charge is 2.02. The van der Waals surface area contributed by atoms with Crippen molar-refractivity contribution in [1.29, 1.82) is 0 Å². The Kier molecular flexibility index (Phi) is 4.63. The Morgan fingerprint density at radius 3 is 2.18 bits per heavy atom. The van der Waals surface area contributed by atoms with Gasteiger partial charge in [-0.25, -0.2) is 0 Å². The molecule has 0 saturated heterocycles. The van der Waals surface area contributed by atoms with Crippen LogP contribution in [0.15, 0.2) is 0 Å². The molecule has 1 N–H and O–H groups in total. The van der Waals surface area contributed by atoms with Crippen molar-refractivity contribution < 1.29 is 13.0 Å². The monoisotopic (exact) mass is 181 g/mol. The van der Waals surface area contributed by atoms with Crippen LogP contribution in [0.2, 0.25) is 0 Å². The Hall–Kier alpha value is -0.130. The summed E-state index contributed by atoms with van der Waals surface area (Å²) in [6.45, 7) is 0.857. The average molecular weight is 181 g/mol. The van der Waals surface area contributed by atoms with Crippen molar-refractivity contribution >= 4 is 10.1 Å². The highest BCUT2D eigenvalue weighted by molar-refractivity contribution is 7.85. The fraction of sp³-hybridized carbons (Fsp3) is 1.00. The molecule has 0 spiro atoms. The molecule has 0 fully saturated rings. The molecule has 4 nitrogen and oxygen atoms in total. The van der Waals surface area contributed by atoms with Crippen LogP contribution in [0.3, 0.4) is 0 Å². The quantitative estimate of drug-likeness (QED) is 0.487. The zero-order valence-corrected chi connectivity index (χ0v) is 7.76. The third-order valence-electron chi connectivity index (χ3n) is 1.26. The maximum Gasteiger partial charge on any atom is 0.264 e. The first kappa shape index (κ1) is 10.9. The van der Waals surface area contributed by atoms with Crippen LogP contribution in [0.5, 0.6) is 0 Å². The van der Waals surface area contributed by atoms with Gasteiger partial charge < -0.3 is 4.90 Å². The first-order valence-corrected chi connectivity index (χ1v) is 5.12. The van der Waals surface area contributed by atoms with Crippen molar-refractivity contribution in [2.45, 2.75) is 12.8 Å². The molecule has 0 aromatic rings. The van der Waals surface area contributed by atoms with Gasteiger partial charge in [0.2, 0.25) is 0 Å². The molecule has 0 atom stereocenters. The van der Waals surface area contributed by atoms with Crippen molar-refractivity contribution in [2.75, 3.05) is 26.4 Å². The highest BCUT2D eigenvalue weighted by Crippen LogP contribution is 1.94. The molecule has 68 valence electrons. The number of hydrogen-bond donors (Lipinski definition) is 1. The van der Waals surface area contributed by atoms with Gasteiger partial charge in [0.05, 0.1) is 5.75 Å². The molecule has 0 saturated carbocycles. The van der Waals surface area contributed by atoms with Gasteiger partial charge in [0.1, 0.15) is 0 Å². The Bertz CT molecular complexity index is 186. The van der Waals surface area contributed by atoms with Crippen LogP contribution in [0.4, 0.5) is 0 Å². The van der Waals surface area contributed by atoms with E-state index in [1.54, 1.807) is 0 Å². The molecule has 0 aliphatic heterocycles. The molecule has 0 amide bonds. The molecule has 0 rings (SSSR count). The normalized spacial score (nSPS) is 12.4. The molecular formula is C6H15NO3S. The van der Waals surface area contributed by atoms with Crippen molar-refractivity contribution in [1.82, 2.24) is 4.90 Å². The van der Waals surface area contributed by atoms with Crippen molar-refractivity contribution in [2.24, 2.45) is 0 Å². The summed E-state index contributed by atoms with van der Waals surface area (Å²) in [5.74, 6) is -0.124. The predicted molar refractivity (Wildman–Crippen MR) is 44.2 cm³/mol. The number of rotatable bonds is 5. The molecule has 0 aromatic carbocycles. The van der Waals surface area contributed by atoms with Crippen molar-refractivity contribution in [3.8, 4) is 0 Å². The smallest absolute Gasteiger partial charge is 0.264 e. The first-order chi connectivity index (χ1) is 4.92. The molecule has 0 unspecified atom stereocenters. The molecular weight excluding hydrogens is 166 g/mol. The van der Waals surface area contributed by atoms with E-state index in [2.05, 4.69) is 0 Å². The summed E-state index contributed by atoms with van der Waals surface area (Å²) in [6.07, 6.45) is 1.32. The predicted octanol–water partition coefficient (Wildman–Crippen LogP) is 0.216. The average Bonchev–Trinajstić information content (AvgIpc) is 1.78. The van der Waals surface area contributed by atoms with E-state index in [4.69, 9.17) is 4.55 Å². The zero-order valence-electron chi connectivity index (χ0n) is 6.95. The highest BCUT2D eigenvalue weighted by atomic mass is 32.2. The molecule has 0 heterocycles. The minimum absolute atomic E-state index is 0.124. The third-order valence-corrected chi connectivity index (χ3v) is 2.06. The maximum atomic E-state index is 10.2. The summed E-state index contributed by atoms with van der Waals surface area (Å²) < 4.78 is 28.8. The van der Waals surface area contributed by atoms with E-state index in [0.29, 0.717) is 6.42 Å². The topological polar surface area (TPSA) is 57.6 Å². The largest absolute Gasteiger partial charge is 0.309 e. The van der Waals surface area contributed by atoms with E-state index in [1.165, 1.54) is 0 Å². The summed E-state index contributed by atoms with van der Waals surface area (Å²) >= 11 is 0. The summed E-state index contributed by atoms with van der Waals surface area (Å²) in [5.41, 5.74) is 0.